The third-order valence-electron chi connectivity index (χ3n) is 4.71. The molecule has 1 aliphatic heterocycles. The number of halogens is 3. The highest BCUT2D eigenvalue weighted by molar-refractivity contribution is 7.92. The summed E-state index contributed by atoms with van der Waals surface area (Å²) in [5.74, 6) is -0.362. The van der Waals surface area contributed by atoms with Crippen LogP contribution >= 0.6 is 11.6 Å². The fourth-order valence-corrected chi connectivity index (χ4v) is 4.01. The molecule has 1 aliphatic rings. The van der Waals surface area contributed by atoms with Gasteiger partial charge in [0.1, 0.15) is 23.8 Å². The minimum absolute atomic E-state index is 0.00101. The molecule has 0 aromatic heterocycles. The summed E-state index contributed by atoms with van der Waals surface area (Å²) in [6, 6.07) is 7.78. The second kappa shape index (κ2) is 8.88. The Balaban J connectivity index is 1.66. The van der Waals surface area contributed by atoms with Crippen LogP contribution in [-0.2, 0) is 16.6 Å². The number of ether oxygens (including phenoxy) is 1. The fraction of sp³-hybridized carbons (Fsp3) is 0.350. The van der Waals surface area contributed by atoms with Crippen LogP contribution < -0.4 is 20.1 Å². The summed E-state index contributed by atoms with van der Waals surface area (Å²) in [7, 11) is -3.61. The molecule has 2 amide bonds. The van der Waals surface area contributed by atoms with Crippen molar-refractivity contribution in [3.8, 4) is 5.75 Å². The van der Waals surface area contributed by atoms with E-state index in [9.17, 15) is 22.0 Å². The Hall–Kier alpha value is -2.59. The number of hydrogen-bond acceptors (Lipinski definition) is 4. The van der Waals surface area contributed by atoms with E-state index in [1.807, 2.05) is 0 Å². The number of urea groups is 1. The molecule has 11 heteroatoms. The van der Waals surface area contributed by atoms with E-state index in [0.29, 0.717) is 21.9 Å². The third kappa shape index (κ3) is 5.98. The molecular weight excluding hydrogens is 452 g/mol. The van der Waals surface area contributed by atoms with E-state index < -0.39 is 40.2 Å². The van der Waals surface area contributed by atoms with Gasteiger partial charge in [-0.1, -0.05) is 23.7 Å². The number of amides is 2. The summed E-state index contributed by atoms with van der Waals surface area (Å²) in [5.41, 5.74) is -0.188. The van der Waals surface area contributed by atoms with Crippen LogP contribution in [0.25, 0.3) is 0 Å². The van der Waals surface area contributed by atoms with E-state index in [4.69, 9.17) is 16.3 Å². The van der Waals surface area contributed by atoms with Gasteiger partial charge in [-0.2, -0.15) is 0 Å². The molecule has 0 bridgehead atoms. The van der Waals surface area contributed by atoms with Crippen molar-refractivity contribution in [3.05, 3.63) is 58.4 Å². The van der Waals surface area contributed by atoms with Gasteiger partial charge in [-0.3, -0.25) is 4.72 Å². The number of rotatable bonds is 6. The first-order valence-corrected chi connectivity index (χ1v) is 11.6. The molecule has 0 fully saturated rings. The molecule has 2 aromatic carbocycles. The molecule has 2 atom stereocenters. The third-order valence-corrected chi connectivity index (χ3v) is 5.54. The Morgan fingerprint density at radius 1 is 1.29 bits per heavy atom. The van der Waals surface area contributed by atoms with Crippen LogP contribution in [0.2, 0.25) is 5.02 Å². The zero-order chi connectivity index (χ0) is 22.8. The molecule has 0 saturated carbocycles. The molecule has 1 heterocycles. The quantitative estimate of drug-likeness (QED) is 0.592. The molecular formula is C20H22ClF2N3O4S. The van der Waals surface area contributed by atoms with Crippen molar-refractivity contribution in [2.75, 3.05) is 17.7 Å². The van der Waals surface area contributed by atoms with Crippen molar-refractivity contribution in [3.63, 3.8) is 0 Å². The number of nitrogens with one attached hydrogen (secondary N) is 3. The van der Waals surface area contributed by atoms with Crippen LogP contribution in [-0.4, -0.2) is 33.0 Å². The number of fused-ring (bicyclic) bond motifs is 1. The van der Waals surface area contributed by atoms with E-state index in [1.54, 1.807) is 25.1 Å². The maximum absolute atomic E-state index is 14.1. The maximum Gasteiger partial charge on any atom is 0.315 e. The molecule has 0 unspecified atom stereocenters. The van der Waals surface area contributed by atoms with Gasteiger partial charge < -0.3 is 15.4 Å². The Bertz CT molecular complexity index is 1100. The van der Waals surface area contributed by atoms with Crippen LogP contribution in [0, 0.1) is 5.82 Å². The van der Waals surface area contributed by atoms with Gasteiger partial charge in [0.15, 0.2) is 0 Å². The second-order valence-corrected chi connectivity index (χ2v) is 9.82. The van der Waals surface area contributed by atoms with Crippen molar-refractivity contribution in [2.45, 2.75) is 31.5 Å². The molecule has 7 nitrogen and oxygen atoms in total. The van der Waals surface area contributed by atoms with Crippen molar-refractivity contribution in [2.24, 2.45) is 0 Å². The highest BCUT2D eigenvalue weighted by atomic mass is 35.5. The smallest absolute Gasteiger partial charge is 0.315 e. The standard InChI is InChI=1S/C20H22ClF2N3O4S/c1-20(11-22)9-17(14-5-4-13(21)8-18(14)30-20)25-19(27)24-10-12-3-6-16(15(23)7-12)26-31(2,28)29/h3-8,17,26H,9-11H2,1-2H3,(H2,24,25,27)/t17-,20+/m1/s1. The molecule has 0 aliphatic carbocycles. The minimum atomic E-state index is -3.61. The van der Waals surface area contributed by atoms with Gasteiger partial charge in [0, 0.05) is 23.6 Å². The van der Waals surface area contributed by atoms with Crippen LogP contribution in [0.3, 0.4) is 0 Å². The first kappa shape index (κ1) is 23.1. The Morgan fingerprint density at radius 3 is 2.68 bits per heavy atom. The Kier molecular flexibility index (Phi) is 6.61. The highest BCUT2D eigenvalue weighted by Crippen LogP contribution is 2.41. The van der Waals surface area contributed by atoms with Gasteiger partial charge in [-0.15, -0.1) is 0 Å². The molecule has 3 rings (SSSR count). The lowest BCUT2D eigenvalue weighted by molar-refractivity contribution is 0.0261. The molecule has 0 saturated heterocycles. The zero-order valence-electron chi connectivity index (χ0n) is 16.8. The van der Waals surface area contributed by atoms with E-state index in [1.165, 1.54) is 12.1 Å². The number of hydrogen-bond donors (Lipinski definition) is 3. The summed E-state index contributed by atoms with van der Waals surface area (Å²) < 4.78 is 57.9. The maximum atomic E-state index is 14.1. The minimum Gasteiger partial charge on any atom is -0.484 e. The molecule has 0 spiro atoms. The van der Waals surface area contributed by atoms with E-state index in [0.717, 1.165) is 12.3 Å². The van der Waals surface area contributed by atoms with Crippen LogP contribution in [0.1, 0.15) is 30.5 Å². The van der Waals surface area contributed by atoms with Gasteiger partial charge in [-0.25, -0.2) is 22.0 Å². The van der Waals surface area contributed by atoms with E-state index >= 15 is 0 Å². The predicted octanol–water partition coefficient (Wildman–Crippen LogP) is 3.90. The van der Waals surface area contributed by atoms with Crippen LogP contribution in [0.15, 0.2) is 36.4 Å². The van der Waals surface area contributed by atoms with Crippen LogP contribution in [0.5, 0.6) is 5.75 Å². The van der Waals surface area contributed by atoms with Crippen molar-refractivity contribution >= 4 is 33.3 Å². The van der Waals surface area contributed by atoms with Gasteiger partial charge in [0.2, 0.25) is 10.0 Å². The average molecular weight is 474 g/mol. The van der Waals surface area contributed by atoms with Crippen molar-refractivity contribution in [1.82, 2.24) is 10.6 Å². The molecule has 3 N–H and O–H groups in total. The first-order valence-electron chi connectivity index (χ1n) is 9.33. The summed E-state index contributed by atoms with van der Waals surface area (Å²) >= 11 is 6.00. The lowest BCUT2D eigenvalue weighted by Crippen LogP contribution is -2.46. The lowest BCUT2D eigenvalue weighted by Gasteiger charge is -2.38. The Labute approximate surface area is 184 Å². The summed E-state index contributed by atoms with van der Waals surface area (Å²) in [6.07, 6.45) is 1.13. The second-order valence-electron chi connectivity index (χ2n) is 7.64. The largest absolute Gasteiger partial charge is 0.484 e. The van der Waals surface area contributed by atoms with E-state index in [-0.39, 0.29) is 18.7 Å². The molecule has 168 valence electrons. The molecule has 0 radical (unpaired) electrons. The van der Waals surface area contributed by atoms with Crippen molar-refractivity contribution in [1.29, 1.82) is 0 Å². The van der Waals surface area contributed by atoms with Crippen molar-refractivity contribution < 1.29 is 26.7 Å². The normalized spacial score (nSPS) is 20.4. The fourth-order valence-electron chi connectivity index (χ4n) is 3.29. The lowest BCUT2D eigenvalue weighted by atomic mass is 9.89. The predicted molar refractivity (Wildman–Crippen MR) is 114 cm³/mol. The number of alkyl halides is 1. The highest BCUT2D eigenvalue weighted by Gasteiger charge is 2.38. The van der Waals surface area contributed by atoms with E-state index in [2.05, 4.69) is 15.4 Å². The summed E-state index contributed by atoms with van der Waals surface area (Å²) in [4.78, 5) is 12.4. The van der Waals surface area contributed by atoms with Gasteiger partial charge in [0.05, 0.1) is 18.0 Å². The first-order chi connectivity index (χ1) is 14.5. The number of sulfonamides is 1. The number of anilines is 1. The Morgan fingerprint density at radius 2 is 2.03 bits per heavy atom. The number of carbonyl (C=O) groups is 1. The number of carbonyl (C=O) groups excluding carboxylic acids is 1. The monoisotopic (exact) mass is 473 g/mol. The molecule has 2 aromatic rings. The SMILES string of the molecule is C[C@@]1(CF)C[C@@H](NC(=O)NCc2ccc(NS(C)(=O)=O)c(F)c2)c2ccc(Cl)cc2O1. The average Bonchev–Trinajstić information content (AvgIpc) is 2.67. The summed E-state index contributed by atoms with van der Waals surface area (Å²) in [5, 5.41) is 5.83. The van der Waals surface area contributed by atoms with Gasteiger partial charge in [0.25, 0.3) is 0 Å². The van der Waals surface area contributed by atoms with Gasteiger partial charge in [-0.05, 0) is 36.8 Å². The summed E-state index contributed by atoms with van der Waals surface area (Å²) in [6.45, 7) is 0.864. The molecule has 31 heavy (non-hydrogen) atoms. The number of benzene rings is 2. The van der Waals surface area contributed by atoms with Gasteiger partial charge >= 0.3 is 6.03 Å². The topological polar surface area (TPSA) is 96.5 Å². The zero-order valence-corrected chi connectivity index (χ0v) is 18.4. The van der Waals surface area contributed by atoms with Crippen LogP contribution in [0.4, 0.5) is 19.3 Å².